The summed E-state index contributed by atoms with van der Waals surface area (Å²) in [6, 6.07) is 14.5. The molecule has 0 fully saturated rings. The quantitative estimate of drug-likeness (QED) is 0.720. The van der Waals surface area contributed by atoms with Gasteiger partial charge >= 0.3 is 0 Å². The van der Waals surface area contributed by atoms with Crippen LogP contribution in [0.1, 0.15) is 28.5 Å². The zero-order valence-corrected chi connectivity index (χ0v) is 13.8. The Morgan fingerprint density at radius 1 is 1.09 bits per heavy atom. The Morgan fingerprint density at radius 3 is 2.59 bits per heavy atom. The molecule has 0 aliphatic carbocycles. The SMILES string of the molecule is Cc1csc(C(CCN)Oc2cccc3ccccc23)c1C. The van der Waals surface area contributed by atoms with Crippen molar-refractivity contribution in [1.29, 1.82) is 0 Å². The molecule has 1 atom stereocenters. The summed E-state index contributed by atoms with van der Waals surface area (Å²) in [5.74, 6) is 0.932. The van der Waals surface area contributed by atoms with Gasteiger partial charge in [0.05, 0.1) is 0 Å². The summed E-state index contributed by atoms with van der Waals surface area (Å²) in [4.78, 5) is 1.29. The molecule has 0 saturated carbocycles. The lowest BCUT2D eigenvalue weighted by molar-refractivity contribution is 0.203. The minimum Gasteiger partial charge on any atom is -0.484 e. The molecule has 1 heterocycles. The molecule has 3 aromatic rings. The van der Waals surface area contributed by atoms with Gasteiger partial charge in [-0.05, 0) is 48.4 Å². The highest BCUT2D eigenvalue weighted by molar-refractivity contribution is 7.10. The summed E-state index contributed by atoms with van der Waals surface area (Å²) in [6.07, 6.45) is 0.846. The molecule has 0 saturated heterocycles. The minimum atomic E-state index is 0.0227. The van der Waals surface area contributed by atoms with Crippen molar-refractivity contribution in [2.75, 3.05) is 6.54 Å². The average Bonchev–Trinajstić information content (AvgIpc) is 2.87. The van der Waals surface area contributed by atoms with E-state index in [1.807, 2.05) is 18.2 Å². The predicted octanol–water partition coefficient (Wildman–Crippen LogP) is 4.99. The fourth-order valence-corrected chi connectivity index (χ4v) is 3.82. The monoisotopic (exact) mass is 311 g/mol. The number of ether oxygens (including phenoxy) is 1. The van der Waals surface area contributed by atoms with Gasteiger partial charge in [0.2, 0.25) is 0 Å². The smallest absolute Gasteiger partial charge is 0.134 e. The molecular formula is C19H21NOS. The summed E-state index contributed by atoms with van der Waals surface area (Å²) in [7, 11) is 0. The molecule has 1 unspecified atom stereocenters. The van der Waals surface area contributed by atoms with E-state index in [0.29, 0.717) is 6.54 Å². The van der Waals surface area contributed by atoms with Gasteiger partial charge in [-0.15, -0.1) is 11.3 Å². The van der Waals surface area contributed by atoms with Gasteiger partial charge < -0.3 is 10.5 Å². The van der Waals surface area contributed by atoms with Crippen molar-refractivity contribution in [2.45, 2.75) is 26.4 Å². The number of thiophene rings is 1. The molecule has 3 heteroatoms. The van der Waals surface area contributed by atoms with Crippen molar-refractivity contribution >= 4 is 22.1 Å². The molecule has 0 spiro atoms. The van der Waals surface area contributed by atoms with Gasteiger partial charge in [0.1, 0.15) is 11.9 Å². The van der Waals surface area contributed by atoms with Crippen LogP contribution in [0.25, 0.3) is 10.8 Å². The first-order valence-electron chi connectivity index (χ1n) is 7.59. The number of hydrogen-bond acceptors (Lipinski definition) is 3. The van der Waals surface area contributed by atoms with Crippen LogP contribution in [-0.4, -0.2) is 6.54 Å². The molecule has 22 heavy (non-hydrogen) atoms. The fourth-order valence-electron chi connectivity index (χ4n) is 2.69. The second kappa shape index (κ2) is 6.51. The van der Waals surface area contributed by atoms with Crippen molar-refractivity contribution in [3.05, 3.63) is 63.8 Å². The van der Waals surface area contributed by atoms with Gasteiger partial charge in [-0.2, -0.15) is 0 Å². The van der Waals surface area contributed by atoms with Gasteiger partial charge in [-0.25, -0.2) is 0 Å². The number of benzene rings is 2. The van der Waals surface area contributed by atoms with Crippen molar-refractivity contribution in [3.8, 4) is 5.75 Å². The Morgan fingerprint density at radius 2 is 1.86 bits per heavy atom. The Hall–Kier alpha value is -1.84. The molecule has 2 N–H and O–H groups in total. The maximum absolute atomic E-state index is 6.38. The number of fused-ring (bicyclic) bond motifs is 1. The summed E-state index contributed by atoms with van der Waals surface area (Å²) >= 11 is 1.77. The zero-order valence-electron chi connectivity index (χ0n) is 13.0. The van der Waals surface area contributed by atoms with Crippen LogP contribution in [0.15, 0.2) is 47.8 Å². The van der Waals surface area contributed by atoms with Crippen molar-refractivity contribution in [1.82, 2.24) is 0 Å². The molecule has 0 amide bonds. The molecular weight excluding hydrogens is 290 g/mol. The van der Waals surface area contributed by atoms with Crippen LogP contribution in [-0.2, 0) is 0 Å². The standard InChI is InChI=1S/C19H21NOS/c1-13-12-22-19(14(13)2)18(10-11-20)21-17-9-5-7-15-6-3-4-8-16(15)17/h3-9,12,18H,10-11,20H2,1-2H3. The number of rotatable bonds is 5. The first kappa shape index (κ1) is 15.1. The second-order valence-corrected chi connectivity index (χ2v) is 6.48. The maximum Gasteiger partial charge on any atom is 0.134 e. The highest BCUT2D eigenvalue weighted by atomic mass is 32.1. The first-order valence-corrected chi connectivity index (χ1v) is 8.47. The maximum atomic E-state index is 6.38. The predicted molar refractivity (Wildman–Crippen MR) is 94.8 cm³/mol. The summed E-state index contributed by atoms with van der Waals surface area (Å²) in [6.45, 7) is 4.93. The van der Waals surface area contributed by atoms with Gasteiger partial charge in [0.15, 0.2) is 0 Å². The van der Waals surface area contributed by atoms with E-state index in [1.165, 1.54) is 21.4 Å². The molecule has 1 aromatic heterocycles. The molecule has 0 bridgehead atoms. The second-order valence-electron chi connectivity index (χ2n) is 5.57. The molecule has 114 valence electrons. The van der Waals surface area contributed by atoms with Crippen LogP contribution in [0.4, 0.5) is 0 Å². The third-order valence-electron chi connectivity index (χ3n) is 4.06. The van der Waals surface area contributed by atoms with Gasteiger partial charge in [-0.1, -0.05) is 36.4 Å². The Bertz CT molecular complexity index is 773. The third kappa shape index (κ3) is 2.87. The van der Waals surface area contributed by atoms with E-state index in [-0.39, 0.29) is 6.10 Å². The topological polar surface area (TPSA) is 35.2 Å². The third-order valence-corrected chi connectivity index (χ3v) is 5.36. The Kier molecular flexibility index (Phi) is 4.46. The van der Waals surface area contributed by atoms with Gasteiger partial charge in [-0.3, -0.25) is 0 Å². The van der Waals surface area contributed by atoms with Crippen LogP contribution in [0.3, 0.4) is 0 Å². The van der Waals surface area contributed by atoms with Gasteiger partial charge in [0, 0.05) is 16.7 Å². The van der Waals surface area contributed by atoms with E-state index in [9.17, 15) is 0 Å². The average molecular weight is 311 g/mol. The van der Waals surface area contributed by atoms with Crippen LogP contribution >= 0.6 is 11.3 Å². The van der Waals surface area contributed by atoms with E-state index in [1.54, 1.807) is 11.3 Å². The minimum absolute atomic E-state index is 0.0227. The van der Waals surface area contributed by atoms with Crippen LogP contribution in [0, 0.1) is 13.8 Å². The Balaban J connectivity index is 1.98. The lowest BCUT2D eigenvalue weighted by Crippen LogP contribution is -2.13. The molecule has 0 aliphatic rings. The summed E-state index contributed by atoms with van der Waals surface area (Å²) < 4.78 is 6.38. The normalized spacial score (nSPS) is 12.5. The number of aryl methyl sites for hydroxylation is 1. The van der Waals surface area contributed by atoms with Crippen LogP contribution < -0.4 is 10.5 Å². The van der Waals surface area contributed by atoms with E-state index in [0.717, 1.165) is 17.6 Å². The first-order chi connectivity index (χ1) is 10.7. The van der Waals surface area contributed by atoms with Crippen LogP contribution in [0.5, 0.6) is 5.75 Å². The van der Waals surface area contributed by atoms with Crippen molar-refractivity contribution < 1.29 is 4.74 Å². The number of nitrogens with two attached hydrogens (primary N) is 1. The zero-order chi connectivity index (χ0) is 15.5. The summed E-state index contributed by atoms with van der Waals surface area (Å²) in [5.41, 5.74) is 8.46. The lowest BCUT2D eigenvalue weighted by Gasteiger charge is -2.20. The molecule has 0 aliphatic heterocycles. The molecule has 2 nitrogen and oxygen atoms in total. The van der Waals surface area contributed by atoms with E-state index >= 15 is 0 Å². The Labute approximate surface area is 135 Å². The largest absolute Gasteiger partial charge is 0.484 e. The van der Waals surface area contributed by atoms with E-state index in [2.05, 4.69) is 43.5 Å². The van der Waals surface area contributed by atoms with Crippen molar-refractivity contribution in [2.24, 2.45) is 5.73 Å². The van der Waals surface area contributed by atoms with Gasteiger partial charge in [0.25, 0.3) is 0 Å². The van der Waals surface area contributed by atoms with Crippen LogP contribution in [0.2, 0.25) is 0 Å². The highest BCUT2D eigenvalue weighted by Gasteiger charge is 2.19. The lowest BCUT2D eigenvalue weighted by atomic mass is 10.1. The molecule has 2 aromatic carbocycles. The summed E-state index contributed by atoms with van der Waals surface area (Å²) in [5, 5.41) is 4.55. The van der Waals surface area contributed by atoms with E-state index < -0.39 is 0 Å². The van der Waals surface area contributed by atoms with Crippen molar-refractivity contribution in [3.63, 3.8) is 0 Å². The fraction of sp³-hybridized carbons (Fsp3) is 0.263. The van der Waals surface area contributed by atoms with E-state index in [4.69, 9.17) is 10.5 Å². The highest BCUT2D eigenvalue weighted by Crippen LogP contribution is 2.35. The molecule has 0 radical (unpaired) electrons. The number of hydrogen-bond donors (Lipinski definition) is 1. The molecule has 3 rings (SSSR count).